The first-order chi connectivity index (χ1) is 7.81. The lowest BCUT2D eigenvalue weighted by Crippen LogP contribution is -1.87. The highest BCUT2D eigenvalue weighted by atomic mass is 79.9. The van der Waals surface area contributed by atoms with Gasteiger partial charge in [-0.05, 0) is 40.2 Å². The number of ether oxygens (including phenoxy) is 1. The van der Waals surface area contributed by atoms with Crippen LogP contribution in [0.1, 0.15) is 5.56 Å². The van der Waals surface area contributed by atoms with Gasteiger partial charge in [0.25, 0.3) is 0 Å². The minimum atomic E-state index is 0.563. The summed E-state index contributed by atoms with van der Waals surface area (Å²) < 4.78 is 6.34. The second kappa shape index (κ2) is 4.82. The molecular formula is C13H8BrNO. The van der Waals surface area contributed by atoms with Gasteiger partial charge in [0.05, 0.1) is 10.0 Å². The first-order valence-electron chi connectivity index (χ1n) is 4.73. The molecule has 0 spiro atoms. The molecule has 0 saturated carbocycles. The van der Waals surface area contributed by atoms with Crippen molar-refractivity contribution in [3.05, 3.63) is 58.6 Å². The van der Waals surface area contributed by atoms with E-state index in [1.54, 1.807) is 12.1 Å². The normalized spacial score (nSPS) is 9.50. The minimum Gasteiger partial charge on any atom is -0.456 e. The molecule has 0 unspecified atom stereocenters. The van der Waals surface area contributed by atoms with E-state index in [0.717, 1.165) is 5.75 Å². The monoisotopic (exact) mass is 273 g/mol. The van der Waals surface area contributed by atoms with Crippen LogP contribution in [0.15, 0.2) is 53.0 Å². The van der Waals surface area contributed by atoms with Crippen molar-refractivity contribution in [2.75, 3.05) is 0 Å². The molecule has 0 amide bonds. The zero-order chi connectivity index (χ0) is 11.4. The number of nitriles is 1. The van der Waals surface area contributed by atoms with Gasteiger partial charge in [-0.2, -0.15) is 5.26 Å². The van der Waals surface area contributed by atoms with Gasteiger partial charge < -0.3 is 4.74 Å². The minimum absolute atomic E-state index is 0.563. The van der Waals surface area contributed by atoms with Gasteiger partial charge in [0.1, 0.15) is 17.6 Å². The molecule has 16 heavy (non-hydrogen) atoms. The lowest BCUT2D eigenvalue weighted by Gasteiger charge is -2.07. The zero-order valence-electron chi connectivity index (χ0n) is 8.35. The molecule has 2 aromatic rings. The Hall–Kier alpha value is -1.79. The Bertz CT molecular complexity index is 531. The largest absolute Gasteiger partial charge is 0.456 e. The maximum absolute atomic E-state index is 8.87. The SMILES string of the molecule is N#Cc1cccc(Oc2ccccc2)c1Br. The van der Waals surface area contributed by atoms with Gasteiger partial charge in [-0.25, -0.2) is 0 Å². The van der Waals surface area contributed by atoms with E-state index in [1.807, 2.05) is 36.4 Å². The smallest absolute Gasteiger partial charge is 0.142 e. The summed E-state index contributed by atoms with van der Waals surface area (Å²) >= 11 is 3.35. The zero-order valence-corrected chi connectivity index (χ0v) is 9.94. The number of benzene rings is 2. The average Bonchev–Trinajstić information content (AvgIpc) is 2.33. The molecule has 0 atom stereocenters. The van der Waals surface area contributed by atoms with Crippen LogP contribution in [0.25, 0.3) is 0 Å². The van der Waals surface area contributed by atoms with E-state index in [0.29, 0.717) is 15.8 Å². The summed E-state index contributed by atoms with van der Waals surface area (Å²) in [5, 5.41) is 8.87. The summed E-state index contributed by atoms with van der Waals surface area (Å²) in [6.07, 6.45) is 0. The molecule has 78 valence electrons. The van der Waals surface area contributed by atoms with Crippen LogP contribution >= 0.6 is 15.9 Å². The van der Waals surface area contributed by atoms with Crippen molar-refractivity contribution in [1.82, 2.24) is 0 Å². The van der Waals surface area contributed by atoms with Gasteiger partial charge in [-0.1, -0.05) is 24.3 Å². The van der Waals surface area contributed by atoms with Crippen molar-refractivity contribution >= 4 is 15.9 Å². The quantitative estimate of drug-likeness (QED) is 0.825. The third-order valence-electron chi connectivity index (χ3n) is 2.05. The van der Waals surface area contributed by atoms with Crippen molar-refractivity contribution in [2.24, 2.45) is 0 Å². The summed E-state index contributed by atoms with van der Waals surface area (Å²) in [7, 11) is 0. The molecule has 0 aromatic heterocycles. The van der Waals surface area contributed by atoms with Gasteiger partial charge in [0, 0.05) is 0 Å². The number of nitrogens with zero attached hydrogens (tertiary/aromatic N) is 1. The van der Waals surface area contributed by atoms with Crippen molar-refractivity contribution in [2.45, 2.75) is 0 Å². The van der Waals surface area contributed by atoms with Gasteiger partial charge in [-0.15, -0.1) is 0 Å². The fraction of sp³-hybridized carbons (Fsp3) is 0. The van der Waals surface area contributed by atoms with E-state index in [2.05, 4.69) is 22.0 Å². The fourth-order valence-corrected chi connectivity index (χ4v) is 1.73. The Labute approximate surface area is 102 Å². The second-order valence-corrected chi connectivity index (χ2v) is 3.94. The van der Waals surface area contributed by atoms with E-state index in [9.17, 15) is 0 Å². The van der Waals surface area contributed by atoms with Gasteiger partial charge in [-0.3, -0.25) is 0 Å². The Kier molecular flexibility index (Phi) is 3.23. The molecule has 0 heterocycles. The predicted octanol–water partition coefficient (Wildman–Crippen LogP) is 4.11. The molecule has 0 saturated heterocycles. The Morgan fingerprint density at radius 3 is 2.44 bits per heavy atom. The number of halogens is 1. The van der Waals surface area contributed by atoms with Crippen molar-refractivity contribution in [3.8, 4) is 17.6 Å². The van der Waals surface area contributed by atoms with Crippen LogP contribution in [0.4, 0.5) is 0 Å². The average molecular weight is 274 g/mol. The summed E-state index contributed by atoms with van der Waals surface area (Å²) in [5.74, 6) is 1.39. The van der Waals surface area contributed by atoms with Crippen molar-refractivity contribution < 1.29 is 4.74 Å². The first-order valence-corrected chi connectivity index (χ1v) is 5.52. The van der Waals surface area contributed by atoms with Crippen LogP contribution in [0, 0.1) is 11.3 Å². The third kappa shape index (κ3) is 2.23. The van der Waals surface area contributed by atoms with Crippen LogP contribution in [0.2, 0.25) is 0 Å². The second-order valence-electron chi connectivity index (χ2n) is 3.14. The molecule has 0 bridgehead atoms. The highest BCUT2D eigenvalue weighted by molar-refractivity contribution is 9.10. The Balaban J connectivity index is 2.33. The van der Waals surface area contributed by atoms with Crippen LogP contribution in [-0.2, 0) is 0 Å². The molecule has 2 aromatic carbocycles. The van der Waals surface area contributed by atoms with E-state index in [-0.39, 0.29) is 0 Å². The van der Waals surface area contributed by atoms with Crippen LogP contribution in [-0.4, -0.2) is 0 Å². The lowest BCUT2D eigenvalue weighted by atomic mass is 10.2. The van der Waals surface area contributed by atoms with Gasteiger partial charge >= 0.3 is 0 Å². The molecule has 2 nitrogen and oxygen atoms in total. The van der Waals surface area contributed by atoms with Crippen LogP contribution in [0.5, 0.6) is 11.5 Å². The number of hydrogen-bond donors (Lipinski definition) is 0. The Morgan fingerprint density at radius 2 is 1.75 bits per heavy atom. The van der Waals surface area contributed by atoms with E-state index in [1.165, 1.54) is 0 Å². The highest BCUT2D eigenvalue weighted by Crippen LogP contribution is 2.31. The van der Waals surface area contributed by atoms with Crippen molar-refractivity contribution in [3.63, 3.8) is 0 Å². The summed E-state index contributed by atoms with van der Waals surface area (Å²) in [6, 6.07) is 16.9. The Morgan fingerprint density at radius 1 is 1.00 bits per heavy atom. The lowest BCUT2D eigenvalue weighted by molar-refractivity contribution is 0.479. The van der Waals surface area contributed by atoms with E-state index < -0.39 is 0 Å². The van der Waals surface area contributed by atoms with Crippen molar-refractivity contribution in [1.29, 1.82) is 5.26 Å². The molecule has 0 N–H and O–H groups in total. The highest BCUT2D eigenvalue weighted by Gasteiger charge is 2.06. The maximum atomic E-state index is 8.87. The molecular weight excluding hydrogens is 266 g/mol. The topological polar surface area (TPSA) is 33.0 Å². The molecule has 0 aliphatic rings. The molecule has 0 aliphatic carbocycles. The number of hydrogen-bond acceptors (Lipinski definition) is 2. The van der Waals surface area contributed by atoms with Gasteiger partial charge in [0.15, 0.2) is 0 Å². The molecule has 0 radical (unpaired) electrons. The molecule has 2 rings (SSSR count). The third-order valence-corrected chi connectivity index (χ3v) is 2.87. The molecule has 0 aliphatic heterocycles. The molecule has 3 heteroatoms. The van der Waals surface area contributed by atoms with Gasteiger partial charge in [0.2, 0.25) is 0 Å². The number of rotatable bonds is 2. The predicted molar refractivity (Wildman–Crippen MR) is 65.4 cm³/mol. The fourth-order valence-electron chi connectivity index (χ4n) is 1.29. The first kappa shape index (κ1) is 10.7. The maximum Gasteiger partial charge on any atom is 0.142 e. The van der Waals surface area contributed by atoms with E-state index in [4.69, 9.17) is 10.00 Å². The summed E-state index contributed by atoms with van der Waals surface area (Å²) in [4.78, 5) is 0. The molecule has 0 fully saturated rings. The summed E-state index contributed by atoms with van der Waals surface area (Å²) in [5.41, 5.74) is 0.563. The van der Waals surface area contributed by atoms with Crippen LogP contribution in [0.3, 0.4) is 0 Å². The van der Waals surface area contributed by atoms with E-state index >= 15 is 0 Å². The number of para-hydroxylation sites is 1. The summed E-state index contributed by atoms with van der Waals surface area (Å²) in [6.45, 7) is 0. The van der Waals surface area contributed by atoms with Crippen LogP contribution < -0.4 is 4.74 Å². The standard InChI is InChI=1S/C13H8BrNO/c14-13-10(9-15)5-4-8-12(13)16-11-6-2-1-3-7-11/h1-8H.